The van der Waals surface area contributed by atoms with Gasteiger partial charge in [-0.2, -0.15) is 0 Å². The zero-order chi connectivity index (χ0) is 44.0. The lowest BCUT2D eigenvalue weighted by atomic mass is 9.90. The van der Waals surface area contributed by atoms with Gasteiger partial charge in [0.2, 0.25) is 0 Å². The summed E-state index contributed by atoms with van der Waals surface area (Å²) in [6.07, 6.45) is 0. The molecule has 0 unspecified atom stereocenters. The highest BCUT2D eigenvalue weighted by Crippen LogP contribution is 2.49. The predicted molar refractivity (Wildman–Crippen MR) is 288 cm³/mol. The largest absolute Gasteiger partial charge is 0.455 e. The number of thiophene rings is 1. The average molecular weight is 870 g/mol. The lowest BCUT2D eigenvalue weighted by molar-refractivity contribution is 0.670. The van der Waals surface area contributed by atoms with Crippen LogP contribution < -0.4 is 4.90 Å². The van der Waals surface area contributed by atoms with Crippen molar-refractivity contribution >= 4 is 114 Å². The Morgan fingerprint density at radius 2 is 0.896 bits per heavy atom. The van der Waals surface area contributed by atoms with Crippen molar-refractivity contribution in [2.45, 2.75) is 0 Å². The van der Waals surface area contributed by atoms with E-state index >= 15 is 0 Å². The molecule has 0 aliphatic heterocycles. The van der Waals surface area contributed by atoms with Crippen molar-refractivity contribution < 1.29 is 4.42 Å². The first-order valence-corrected chi connectivity index (χ1v) is 23.7. The Morgan fingerprint density at radius 3 is 1.63 bits per heavy atom. The van der Waals surface area contributed by atoms with Crippen LogP contribution in [0.5, 0.6) is 0 Å². The molecule has 2 aromatic heterocycles. The Labute approximate surface area is 390 Å². The van der Waals surface area contributed by atoms with Crippen LogP contribution in [-0.4, -0.2) is 0 Å². The van der Waals surface area contributed by atoms with Crippen molar-refractivity contribution in [2.75, 3.05) is 4.90 Å². The molecule has 3 heteroatoms. The molecule has 0 aliphatic carbocycles. The molecule has 0 radical (unpaired) electrons. The standard InChI is InChI=1S/C64H39NOS/c1-2-14-40(15-3-1)41-28-33-45(34-29-41)65(46-35-30-42(31-36-46)48-23-12-24-55-54-22-10-11-27-60(54)67-64(48)55)58-25-13-26-59-62(58)57-38-43-16-4-5-17-47(43)61(63(57)66-59)44-32-37-53-51-20-7-6-18-49(51)50-19-8-9-21-52(50)56(53)39-44/h1-39H. The Hall–Kier alpha value is -8.50. The molecular formula is C64H39NOS. The summed E-state index contributed by atoms with van der Waals surface area (Å²) >= 11 is 1.87. The second kappa shape index (κ2) is 15.0. The van der Waals surface area contributed by atoms with Crippen molar-refractivity contribution in [1.82, 2.24) is 0 Å². The fraction of sp³-hybridized carbons (Fsp3) is 0. The normalized spacial score (nSPS) is 11.9. The Morgan fingerprint density at radius 1 is 0.343 bits per heavy atom. The second-order valence-corrected chi connectivity index (χ2v) is 18.6. The molecule has 0 saturated carbocycles. The van der Waals surface area contributed by atoms with E-state index in [2.05, 4.69) is 241 Å². The smallest absolute Gasteiger partial charge is 0.143 e. The van der Waals surface area contributed by atoms with Crippen LogP contribution in [0.25, 0.3) is 119 Å². The summed E-state index contributed by atoms with van der Waals surface area (Å²) in [6.45, 7) is 0. The summed E-state index contributed by atoms with van der Waals surface area (Å²) in [4.78, 5) is 2.40. The Bertz CT molecular complexity index is 4220. The zero-order valence-electron chi connectivity index (χ0n) is 36.3. The minimum absolute atomic E-state index is 0.847. The quantitative estimate of drug-likeness (QED) is 0.155. The first kappa shape index (κ1) is 37.8. The molecule has 14 rings (SSSR count). The van der Waals surface area contributed by atoms with E-state index in [9.17, 15) is 0 Å². The van der Waals surface area contributed by atoms with Gasteiger partial charge in [0.25, 0.3) is 0 Å². The molecule has 0 atom stereocenters. The number of anilines is 3. The van der Waals surface area contributed by atoms with E-state index in [1.807, 2.05) is 11.3 Å². The molecule has 14 aromatic rings. The van der Waals surface area contributed by atoms with Gasteiger partial charge in [-0.25, -0.2) is 0 Å². The number of fused-ring (bicyclic) bond motifs is 13. The molecule has 0 saturated heterocycles. The van der Waals surface area contributed by atoms with Crippen molar-refractivity contribution in [1.29, 1.82) is 0 Å². The first-order valence-electron chi connectivity index (χ1n) is 22.9. The van der Waals surface area contributed by atoms with E-state index < -0.39 is 0 Å². The highest BCUT2D eigenvalue weighted by molar-refractivity contribution is 7.26. The lowest BCUT2D eigenvalue weighted by Gasteiger charge is -2.26. The highest BCUT2D eigenvalue weighted by atomic mass is 32.1. The molecule has 0 aliphatic rings. The maximum absolute atomic E-state index is 7.17. The summed E-state index contributed by atoms with van der Waals surface area (Å²) < 4.78 is 9.80. The minimum Gasteiger partial charge on any atom is -0.455 e. The van der Waals surface area contributed by atoms with Gasteiger partial charge >= 0.3 is 0 Å². The van der Waals surface area contributed by atoms with Gasteiger partial charge in [-0.3, -0.25) is 0 Å². The number of nitrogens with zero attached hydrogens (tertiary/aromatic N) is 1. The predicted octanol–water partition coefficient (Wildman–Crippen LogP) is 19.0. The molecule has 0 amide bonds. The molecule has 312 valence electrons. The molecule has 0 N–H and O–H groups in total. The van der Waals surface area contributed by atoms with Gasteiger partial charge < -0.3 is 9.32 Å². The molecule has 2 nitrogen and oxygen atoms in total. The van der Waals surface area contributed by atoms with Crippen LogP contribution >= 0.6 is 11.3 Å². The van der Waals surface area contributed by atoms with Crippen molar-refractivity contribution in [2.24, 2.45) is 0 Å². The Balaban J connectivity index is 0.986. The van der Waals surface area contributed by atoms with Gasteiger partial charge in [-0.15, -0.1) is 11.3 Å². The second-order valence-electron chi connectivity index (χ2n) is 17.5. The number of hydrogen-bond donors (Lipinski definition) is 0. The first-order chi connectivity index (χ1) is 33.2. The molecule has 0 fully saturated rings. The van der Waals surface area contributed by atoms with Gasteiger partial charge in [0, 0.05) is 42.5 Å². The van der Waals surface area contributed by atoms with E-state index in [0.717, 1.165) is 55.5 Å². The highest BCUT2D eigenvalue weighted by Gasteiger charge is 2.24. The van der Waals surface area contributed by atoms with Crippen LogP contribution in [0.1, 0.15) is 0 Å². The van der Waals surface area contributed by atoms with Gasteiger partial charge in [-0.1, -0.05) is 182 Å². The van der Waals surface area contributed by atoms with E-state index in [0.29, 0.717) is 0 Å². The third-order valence-electron chi connectivity index (χ3n) is 13.8. The van der Waals surface area contributed by atoms with Gasteiger partial charge in [0.1, 0.15) is 11.2 Å². The van der Waals surface area contributed by atoms with Crippen molar-refractivity contribution in [3.63, 3.8) is 0 Å². The third-order valence-corrected chi connectivity index (χ3v) is 15.1. The average Bonchev–Trinajstić information content (AvgIpc) is 3.97. The minimum atomic E-state index is 0.847. The third kappa shape index (κ3) is 5.95. The molecule has 0 spiro atoms. The number of rotatable bonds is 6. The van der Waals surface area contributed by atoms with E-state index in [4.69, 9.17) is 4.42 Å². The van der Waals surface area contributed by atoms with Crippen molar-refractivity contribution in [3.05, 3.63) is 237 Å². The van der Waals surface area contributed by atoms with E-state index in [1.54, 1.807) is 0 Å². The summed E-state index contributed by atoms with van der Waals surface area (Å²) in [5, 5.41) is 14.7. The number of furan rings is 1. The number of hydrogen-bond acceptors (Lipinski definition) is 3. The molecule has 12 aromatic carbocycles. The summed E-state index contributed by atoms with van der Waals surface area (Å²) in [7, 11) is 0. The van der Waals surface area contributed by atoms with E-state index in [1.165, 1.54) is 80.1 Å². The fourth-order valence-corrected chi connectivity index (χ4v) is 12.0. The SMILES string of the molecule is c1ccc(-c2ccc(N(c3ccc(-c4cccc5c4sc4ccccc45)cc3)c3cccc4oc5c(-c6ccc7c8ccccc8c8ccccc8c7c6)c6ccccc6cc5c34)cc2)cc1. The van der Waals surface area contributed by atoms with Gasteiger partial charge in [0.05, 0.1) is 11.1 Å². The van der Waals surface area contributed by atoms with E-state index in [-0.39, 0.29) is 0 Å². The maximum atomic E-state index is 7.17. The summed E-state index contributed by atoms with van der Waals surface area (Å²) in [5.41, 5.74) is 12.0. The summed E-state index contributed by atoms with van der Waals surface area (Å²) in [5.74, 6) is 0. The van der Waals surface area contributed by atoms with Crippen LogP contribution in [0.15, 0.2) is 241 Å². The maximum Gasteiger partial charge on any atom is 0.143 e. The zero-order valence-corrected chi connectivity index (χ0v) is 37.1. The molecule has 67 heavy (non-hydrogen) atoms. The lowest BCUT2D eigenvalue weighted by Crippen LogP contribution is -2.10. The molecular weight excluding hydrogens is 831 g/mol. The number of benzene rings is 12. The van der Waals surface area contributed by atoms with Gasteiger partial charge in [0.15, 0.2) is 0 Å². The van der Waals surface area contributed by atoms with Crippen LogP contribution in [0.4, 0.5) is 17.1 Å². The topological polar surface area (TPSA) is 16.4 Å². The molecule has 2 heterocycles. The molecule has 0 bridgehead atoms. The van der Waals surface area contributed by atoms with Crippen LogP contribution in [0, 0.1) is 0 Å². The monoisotopic (exact) mass is 869 g/mol. The summed E-state index contributed by atoms with van der Waals surface area (Å²) in [6, 6.07) is 86.3. The van der Waals surface area contributed by atoms with Crippen molar-refractivity contribution in [3.8, 4) is 33.4 Å². The Kier molecular flexibility index (Phi) is 8.49. The van der Waals surface area contributed by atoms with Crippen LogP contribution in [0.2, 0.25) is 0 Å². The van der Waals surface area contributed by atoms with Crippen LogP contribution in [-0.2, 0) is 0 Å². The fourth-order valence-electron chi connectivity index (χ4n) is 10.8. The van der Waals surface area contributed by atoms with Crippen LogP contribution in [0.3, 0.4) is 0 Å². The van der Waals surface area contributed by atoms with Gasteiger partial charge in [-0.05, 0) is 126 Å².